The predicted octanol–water partition coefficient (Wildman–Crippen LogP) is 1.63. The van der Waals surface area contributed by atoms with Crippen LogP contribution in [-0.4, -0.2) is 42.4 Å². The van der Waals surface area contributed by atoms with Crippen LogP contribution in [0.1, 0.15) is 12.0 Å². The summed E-state index contributed by atoms with van der Waals surface area (Å²) < 4.78 is 0. The number of nitro groups is 1. The third kappa shape index (κ3) is 4.68. The Labute approximate surface area is 130 Å². The first kappa shape index (κ1) is 17.4. The van der Waals surface area contributed by atoms with Gasteiger partial charge in [0.05, 0.1) is 11.3 Å². The van der Waals surface area contributed by atoms with Crippen molar-refractivity contribution in [2.45, 2.75) is 12.8 Å². The van der Waals surface area contributed by atoms with Crippen LogP contribution in [0.25, 0.3) is 0 Å². The highest BCUT2D eigenvalue weighted by Crippen LogP contribution is 2.18. The fourth-order valence-corrected chi connectivity index (χ4v) is 2.58. The Kier molecular flexibility index (Phi) is 6.58. The molecule has 7 heteroatoms. The van der Waals surface area contributed by atoms with Crippen molar-refractivity contribution >= 4 is 24.0 Å². The van der Waals surface area contributed by atoms with E-state index in [1.54, 1.807) is 12.1 Å². The van der Waals surface area contributed by atoms with Crippen LogP contribution in [-0.2, 0) is 11.2 Å². The summed E-state index contributed by atoms with van der Waals surface area (Å²) in [6.45, 7) is 2.47. The van der Waals surface area contributed by atoms with Gasteiger partial charge in [0.15, 0.2) is 0 Å². The van der Waals surface area contributed by atoms with Crippen molar-refractivity contribution in [3.05, 3.63) is 39.9 Å². The maximum absolute atomic E-state index is 12.2. The Morgan fingerprint density at radius 2 is 2.29 bits per heavy atom. The second kappa shape index (κ2) is 7.95. The Balaban J connectivity index is 0.00000220. The number of halogens is 1. The quantitative estimate of drug-likeness (QED) is 0.662. The van der Waals surface area contributed by atoms with Gasteiger partial charge in [0.25, 0.3) is 5.69 Å². The van der Waals surface area contributed by atoms with Crippen molar-refractivity contribution in [1.82, 2.24) is 10.2 Å². The summed E-state index contributed by atoms with van der Waals surface area (Å²) in [5, 5.41) is 13.8. The van der Waals surface area contributed by atoms with Crippen LogP contribution in [0, 0.1) is 16.0 Å². The van der Waals surface area contributed by atoms with Crippen molar-refractivity contribution in [1.29, 1.82) is 0 Å². The molecule has 0 spiro atoms. The molecule has 0 aliphatic carbocycles. The van der Waals surface area contributed by atoms with Crippen LogP contribution in [0.4, 0.5) is 5.69 Å². The molecule has 1 aliphatic rings. The minimum absolute atomic E-state index is 0. The summed E-state index contributed by atoms with van der Waals surface area (Å²) in [5.41, 5.74) is 0.728. The fourth-order valence-electron chi connectivity index (χ4n) is 2.58. The SMILES string of the molecule is CNCC1CCN(C(=O)Cc2cccc([N+](=O)[O-])c2)C1.Cl. The van der Waals surface area contributed by atoms with E-state index in [1.165, 1.54) is 12.1 Å². The van der Waals surface area contributed by atoms with E-state index in [2.05, 4.69) is 5.32 Å². The molecule has 0 aromatic heterocycles. The zero-order chi connectivity index (χ0) is 14.5. The Bertz CT molecular complexity index is 510. The van der Waals surface area contributed by atoms with Crippen LogP contribution in [0.3, 0.4) is 0 Å². The number of rotatable bonds is 5. The van der Waals surface area contributed by atoms with Crippen molar-refractivity contribution < 1.29 is 9.72 Å². The molecule has 1 N–H and O–H groups in total. The van der Waals surface area contributed by atoms with E-state index in [0.717, 1.165) is 26.1 Å². The molecule has 1 aromatic rings. The van der Waals surface area contributed by atoms with Gasteiger partial charge >= 0.3 is 0 Å². The van der Waals surface area contributed by atoms with Gasteiger partial charge in [0.1, 0.15) is 0 Å². The lowest BCUT2D eigenvalue weighted by Crippen LogP contribution is -2.31. The summed E-state index contributed by atoms with van der Waals surface area (Å²) in [7, 11) is 1.91. The molecule has 1 fully saturated rings. The van der Waals surface area contributed by atoms with E-state index in [9.17, 15) is 14.9 Å². The average molecular weight is 314 g/mol. The van der Waals surface area contributed by atoms with Gasteiger partial charge in [-0.15, -0.1) is 12.4 Å². The van der Waals surface area contributed by atoms with Crippen LogP contribution in [0.15, 0.2) is 24.3 Å². The Morgan fingerprint density at radius 3 is 2.95 bits per heavy atom. The topological polar surface area (TPSA) is 75.5 Å². The summed E-state index contributed by atoms with van der Waals surface area (Å²) in [6, 6.07) is 6.28. The number of hydrogen-bond donors (Lipinski definition) is 1. The molecule has 1 heterocycles. The third-order valence-corrected chi connectivity index (χ3v) is 3.61. The van der Waals surface area contributed by atoms with Crippen LogP contribution in [0.2, 0.25) is 0 Å². The van der Waals surface area contributed by atoms with E-state index >= 15 is 0 Å². The normalized spacial score (nSPS) is 17.4. The lowest BCUT2D eigenvalue weighted by Gasteiger charge is -2.16. The summed E-state index contributed by atoms with van der Waals surface area (Å²) in [4.78, 5) is 24.3. The third-order valence-electron chi connectivity index (χ3n) is 3.61. The molecule has 1 unspecified atom stereocenters. The molecule has 1 atom stereocenters. The summed E-state index contributed by atoms with van der Waals surface area (Å²) >= 11 is 0. The molecular weight excluding hydrogens is 294 g/mol. The van der Waals surface area contributed by atoms with Crippen LogP contribution < -0.4 is 5.32 Å². The molecule has 0 radical (unpaired) electrons. The maximum atomic E-state index is 12.2. The molecule has 21 heavy (non-hydrogen) atoms. The highest BCUT2D eigenvalue weighted by molar-refractivity contribution is 5.85. The zero-order valence-corrected chi connectivity index (χ0v) is 12.8. The molecular formula is C14H20ClN3O3. The van der Waals surface area contributed by atoms with Crippen molar-refractivity contribution in [3.63, 3.8) is 0 Å². The molecule has 116 valence electrons. The molecule has 0 bridgehead atoms. The lowest BCUT2D eigenvalue weighted by atomic mass is 10.1. The highest BCUT2D eigenvalue weighted by atomic mass is 35.5. The van der Waals surface area contributed by atoms with E-state index < -0.39 is 4.92 Å². The molecule has 2 rings (SSSR count). The van der Waals surface area contributed by atoms with Gasteiger partial charge in [0, 0.05) is 25.2 Å². The zero-order valence-electron chi connectivity index (χ0n) is 11.9. The molecule has 0 saturated carbocycles. The Morgan fingerprint density at radius 1 is 1.52 bits per heavy atom. The number of nitrogens with zero attached hydrogens (tertiary/aromatic N) is 2. The molecule has 6 nitrogen and oxygen atoms in total. The first-order valence-electron chi connectivity index (χ1n) is 6.76. The minimum Gasteiger partial charge on any atom is -0.342 e. The molecule has 1 amide bonds. The summed E-state index contributed by atoms with van der Waals surface area (Å²) in [5.74, 6) is 0.554. The number of carbonyl (C=O) groups excluding carboxylic acids is 1. The van der Waals surface area contributed by atoms with Crippen molar-refractivity contribution in [2.75, 3.05) is 26.7 Å². The van der Waals surface area contributed by atoms with Crippen LogP contribution >= 0.6 is 12.4 Å². The molecule has 1 aliphatic heterocycles. The first-order chi connectivity index (χ1) is 9.60. The van der Waals surface area contributed by atoms with E-state index in [-0.39, 0.29) is 30.4 Å². The van der Waals surface area contributed by atoms with Gasteiger partial charge in [-0.2, -0.15) is 0 Å². The average Bonchev–Trinajstić information content (AvgIpc) is 2.88. The number of nitrogens with one attached hydrogen (secondary N) is 1. The molecule has 1 aromatic carbocycles. The van der Waals surface area contributed by atoms with Crippen molar-refractivity contribution in [2.24, 2.45) is 5.92 Å². The fraction of sp³-hybridized carbons (Fsp3) is 0.500. The summed E-state index contributed by atoms with van der Waals surface area (Å²) in [6.07, 6.45) is 1.25. The lowest BCUT2D eigenvalue weighted by molar-refractivity contribution is -0.384. The van der Waals surface area contributed by atoms with Gasteiger partial charge in [-0.05, 0) is 31.5 Å². The van der Waals surface area contributed by atoms with E-state index in [1.807, 2.05) is 11.9 Å². The van der Waals surface area contributed by atoms with Gasteiger partial charge in [-0.3, -0.25) is 14.9 Å². The maximum Gasteiger partial charge on any atom is 0.269 e. The number of non-ortho nitro benzene ring substituents is 1. The number of hydrogen-bond acceptors (Lipinski definition) is 4. The van der Waals surface area contributed by atoms with E-state index in [4.69, 9.17) is 0 Å². The minimum atomic E-state index is -0.438. The largest absolute Gasteiger partial charge is 0.342 e. The highest BCUT2D eigenvalue weighted by Gasteiger charge is 2.25. The predicted molar refractivity (Wildman–Crippen MR) is 82.7 cm³/mol. The first-order valence-corrected chi connectivity index (χ1v) is 6.76. The van der Waals surface area contributed by atoms with Crippen molar-refractivity contribution in [3.8, 4) is 0 Å². The number of likely N-dealkylation sites (tertiary alicyclic amines) is 1. The smallest absolute Gasteiger partial charge is 0.269 e. The molecule has 1 saturated heterocycles. The standard InChI is InChI=1S/C14H19N3O3.ClH/c1-15-9-12-5-6-16(10-12)14(18)8-11-3-2-4-13(7-11)17(19)20;/h2-4,7,12,15H,5-6,8-10H2,1H3;1H. The second-order valence-corrected chi connectivity index (χ2v) is 5.16. The van der Waals surface area contributed by atoms with Gasteiger partial charge in [-0.25, -0.2) is 0 Å². The van der Waals surface area contributed by atoms with Gasteiger partial charge < -0.3 is 10.2 Å². The number of amides is 1. The van der Waals surface area contributed by atoms with Gasteiger partial charge in [-0.1, -0.05) is 12.1 Å². The Hall–Kier alpha value is -1.66. The van der Waals surface area contributed by atoms with E-state index in [0.29, 0.717) is 11.5 Å². The second-order valence-electron chi connectivity index (χ2n) is 5.16. The number of nitro benzene ring substituents is 1. The van der Waals surface area contributed by atoms with Crippen LogP contribution in [0.5, 0.6) is 0 Å². The number of carbonyl (C=O) groups is 1. The monoisotopic (exact) mass is 313 g/mol. The van der Waals surface area contributed by atoms with Gasteiger partial charge in [0.2, 0.25) is 5.91 Å². The number of benzene rings is 1.